The zero-order valence-corrected chi connectivity index (χ0v) is 34.3. The summed E-state index contributed by atoms with van der Waals surface area (Å²) in [4.78, 5) is 23.4. The molecule has 0 radical (unpaired) electrons. The van der Waals surface area contributed by atoms with Gasteiger partial charge in [0.05, 0.1) is 10.2 Å². The van der Waals surface area contributed by atoms with Crippen molar-refractivity contribution in [1.82, 2.24) is 29.5 Å². The van der Waals surface area contributed by atoms with E-state index in [1.807, 2.05) is 120 Å². The molecule has 272 valence electrons. The number of ether oxygens (including phenoxy) is 2. The van der Waals surface area contributed by atoms with Gasteiger partial charge in [-0.15, -0.1) is 83.1 Å². The van der Waals surface area contributed by atoms with Gasteiger partial charge in [0, 0.05) is 53.3 Å². The molecule has 0 amide bonds. The minimum absolute atomic E-state index is 0. The van der Waals surface area contributed by atoms with E-state index in [1.54, 1.807) is 36.1 Å². The minimum Gasteiger partial charge on any atom is -0.503 e. The van der Waals surface area contributed by atoms with E-state index in [2.05, 4.69) is 40.3 Å². The van der Waals surface area contributed by atoms with Crippen molar-refractivity contribution in [3.63, 3.8) is 0 Å². The Hall–Kier alpha value is -5.85. The van der Waals surface area contributed by atoms with Crippen molar-refractivity contribution in [2.45, 2.75) is 0 Å². The fourth-order valence-corrected chi connectivity index (χ4v) is 7.22. The first-order valence-corrected chi connectivity index (χ1v) is 17.9. The maximum Gasteiger partial charge on any atom is 2.00 e. The van der Waals surface area contributed by atoms with Crippen LogP contribution in [0.5, 0.6) is 23.0 Å². The van der Waals surface area contributed by atoms with E-state index in [0.29, 0.717) is 40.0 Å². The summed E-state index contributed by atoms with van der Waals surface area (Å²) in [5.41, 5.74) is 6.48. The number of rotatable bonds is 8. The van der Waals surface area contributed by atoms with Crippen LogP contribution in [0.4, 0.5) is 0 Å². The van der Waals surface area contributed by atoms with Crippen molar-refractivity contribution in [3.8, 4) is 62.0 Å². The molecule has 0 bridgehead atoms. The van der Waals surface area contributed by atoms with Gasteiger partial charge in [0.1, 0.15) is 5.01 Å². The van der Waals surface area contributed by atoms with Gasteiger partial charge in [-0.05, 0) is 35.7 Å². The topological polar surface area (TPSA) is 87.8 Å². The summed E-state index contributed by atoms with van der Waals surface area (Å²) < 4.78 is 15.7. The maximum atomic E-state index is 6.35. The quantitative estimate of drug-likeness (QED) is 0.140. The van der Waals surface area contributed by atoms with Gasteiger partial charge in [-0.1, -0.05) is 59.6 Å². The predicted molar refractivity (Wildman–Crippen MR) is 210 cm³/mol. The molecule has 5 heterocycles. The van der Waals surface area contributed by atoms with Gasteiger partial charge in [0.15, 0.2) is 0 Å². The Kier molecular flexibility index (Phi) is 10.7. The van der Waals surface area contributed by atoms with Gasteiger partial charge in [-0.2, -0.15) is 22.9 Å². The van der Waals surface area contributed by atoms with E-state index in [-0.39, 0.29) is 42.1 Å². The van der Waals surface area contributed by atoms with Gasteiger partial charge >= 0.3 is 42.1 Å². The molecule has 56 heavy (non-hydrogen) atoms. The van der Waals surface area contributed by atoms with Crippen LogP contribution in [0.3, 0.4) is 0 Å². The summed E-state index contributed by atoms with van der Waals surface area (Å²) in [7, 11) is 0. The normalized spacial score (nSPS) is 10.9. The molecular formula is C45H24N6O2Pt2S. The van der Waals surface area contributed by atoms with Gasteiger partial charge in [-0.3, -0.25) is 0 Å². The van der Waals surface area contributed by atoms with E-state index in [4.69, 9.17) is 24.4 Å². The fourth-order valence-electron chi connectivity index (χ4n) is 6.28. The predicted octanol–water partition coefficient (Wildman–Crippen LogP) is 10.8. The summed E-state index contributed by atoms with van der Waals surface area (Å²) in [6.07, 6.45) is 7.12. The van der Waals surface area contributed by atoms with E-state index in [1.165, 1.54) is 0 Å². The van der Waals surface area contributed by atoms with Crippen LogP contribution in [-0.2, 0) is 42.1 Å². The van der Waals surface area contributed by atoms with Crippen LogP contribution < -0.4 is 9.47 Å². The molecule has 5 aromatic heterocycles. The molecule has 10 rings (SSSR count). The van der Waals surface area contributed by atoms with Crippen LogP contribution in [-0.4, -0.2) is 29.5 Å². The standard InChI is InChI=1S/C45H24N6O2S.2Pt/c1-2-16-43-40(15-1)50-44(54-43)31-27-48-45(49-28-31)51-41-25-34(52-32-11-7-9-29(23-32)38-13-3-5-21-46-38)17-19-36(41)37-20-18-35(26-42(37)51)53-33-12-8-10-30(24-33)39-14-4-6-22-47-39;;/h1-22,27-28H;;/q-4;2*+2. The average molecular weight is 1100 g/mol. The first-order chi connectivity index (χ1) is 26.7. The minimum atomic E-state index is 0. The number of thiazole rings is 1. The van der Waals surface area contributed by atoms with Gasteiger partial charge < -0.3 is 24.0 Å². The van der Waals surface area contributed by atoms with Crippen molar-refractivity contribution in [2.24, 2.45) is 0 Å². The number of hydrogen-bond acceptors (Lipinski definition) is 8. The molecule has 0 aliphatic carbocycles. The SMILES string of the molecule is [Pt+2].[Pt+2].[c-]1c(Oc2[c-]c3c(cc2)c2ccc(Oc4[c-]c(-c5ccccn5)ccc4)[c-]c2n3-c2ncc(-c3nc4ccccc4s3)cn2)cccc1-c1ccccn1. The average Bonchev–Trinajstić information content (AvgIpc) is 3.81. The maximum absolute atomic E-state index is 6.35. The first-order valence-electron chi connectivity index (χ1n) is 17.1. The molecule has 5 aromatic carbocycles. The molecule has 0 spiro atoms. The Labute approximate surface area is 354 Å². The summed E-state index contributed by atoms with van der Waals surface area (Å²) in [5.74, 6) is 2.53. The molecule has 11 heteroatoms. The second-order valence-corrected chi connectivity index (χ2v) is 13.3. The Bertz CT molecular complexity index is 2780. The molecule has 0 atom stereocenters. The smallest absolute Gasteiger partial charge is 0.503 e. The number of nitrogens with zero attached hydrogens (tertiary/aromatic N) is 6. The Morgan fingerprint density at radius 2 is 1.04 bits per heavy atom. The molecule has 10 aromatic rings. The van der Waals surface area contributed by atoms with Crippen LogP contribution >= 0.6 is 11.3 Å². The molecule has 0 fully saturated rings. The number of pyridine rings is 2. The Morgan fingerprint density at radius 3 is 1.57 bits per heavy atom. The number of benzene rings is 5. The molecule has 0 saturated heterocycles. The largest absolute Gasteiger partial charge is 2.00 e. The number of hydrogen-bond donors (Lipinski definition) is 0. The molecule has 0 unspecified atom stereocenters. The van der Waals surface area contributed by atoms with Crippen molar-refractivity contribution >= 4 is 43.4 Å². The summed E-state index contributed by atoms with van der Waals surface area (Å²) in [6.45, 7) is 0. The number of para-hydroxylation sites is 1. The monoisotopic (exact) mass is 1100 g/mol. The van der Waals surface area contributed by atoms with Crippen molar-refractivity contribution in [3.05, 3.63) is 170 Å². The van der Waals surface area contributed by atoms with Crippen LogP contribution in [0.1, 0.15) is 0 Å². The Morgan fingerprint density at radius 1 is 0.500 bits per heavy atom. The molecule has 0 aliphatic heterocycles. The Balaban J connectivity index is 0.00000220. The third-order valence-corrected chi connectivity index (χ3v) is 9.86. The zero-order valence-electron chi connectivity index (χ0n) is 28.9. The number of aromatic nitrogens is 6. The summed E-state index contributed by atoms with van der Waals surface area (Å²) >= 11 is 1.61. The van der Waals surface area contributed by atoms with Crippen LogP contribution in [0, 0.1) is 24.3 Å². The zero-order chi connectivity index (χ0) is 35.8. The van der Waals surface area contributed by atoms with E-state index < -0.39 is 0 Å². The molecule has 0 N–H and O–H groups in total. The van der Waals surface area contributed by atoms with E-state index in [0.717, 1.165) is 54.1 Å². The van der Waals surface area contributed by atoms with Crippen LogP contribution in [0.2, 0.25) is 0 Å². The van der Waals surface area contributed by atoms with Crippen molar-refractivity contribution in [1.29, 1.82) is 0 Å². The van der Waals surface area contributed by atoms with E-state index >= 15 is 0 Å². The fraction of sp³-hybridized carbons (Fsp3) is 0. The molecule has 8 nitrogen and oxygen atoms in total. The summed E-state index contributed by atoms with van der Waals surface area (Å²) in [5, 5.41) is 2.70. The third-order valence-electron chi connectivity index (χ3n) is 8.77. The second kappa shape index (κ2) is 16.1. The van der Waals surface area contributed by atoms with Crippen molar-refractivity contribution in [2.75, 3.05) is 0 Å². The third kappa shape index (κ3) is 7.29. The van der Waals surface area contributed by atoms with Gasteiger partial charge in [0.25, 0.3) is 0 Å². The number of fused-ring (bicyclic) bond motifs is 4. The first kappa shape index (κ1) is 37.1. The van der Waals surface area contributed by atoms with Crippen LogP contribution in [0.25, 0.3) is 71.1 Å². The van der Waals surface area contributed by atoms with Gasteiger partial charge in [0.2, 0.25) is 5.95 Å². The van der Waals surface area contributed by atoms with Crippen molar-refractivity contribution < 1.29 is 51.6 Å². The van der Waals surface area contributed by atoms with Crippen LogP contribution in [0.15, 0.2) is 146 Å². The second-order valence-electron chi connectivity index (χ2n) is 12.3. The van der Waals surface area contributed by atoms with Gasteiger partial charge in [-0.25, -0.2) is 15.0 Å². The molecule has 0 saturated carbocycles. The molecule has 0 aliphatic rings. The van der Waals surface area contributed by atoms with E-state index in [9.17, 15) is 0 Å². The molecular weight excluding hydrogens is 1080 g/mol. The summed E-state index contributed by atoms with van der Waals surface area (Å²) in [6, 6.07) is 52.6.